The van der Waals surface area contributed by atoms with Gasteiger partial charge >= 0.3 is 0 Å². The van der Waals surface area contributed by atoms with E-state index in [0.717, 1.165) is 5.56 Å². The average Bonchev–Trinajstić information content (AvgIpc) is 2.46. The largest absolute Gasteiger partial charge is 0.489 e. The maximum absolute atomic E-state index is 13.0. The van der Waals surface area contributed by atoms with Crippen LogP contribution in [0, 0.1) is 5.82 Å². The molecule has 0 spiro atoms. The average molecular weight is 257 g/mol. The van der Waals surface area contributed by atoms with Gasteiger partial charge in [0.2, 0.25) is 0 Å². The smallest absolute Gasteiger partial charge is 0.124 e. The molecule has 98 valence electrons. The molecule has 2 nitrogen and oxygen atoms in total. The molecule has 0 radical (unpaired) electrons. The van der Waals surface area contributed by atoms with Crippen LogP contribution < -0.4 is 10.5 Å². The Labute approximate surface area is 112 Å². The second-order valence-electron chi connectivity index (χ2n) is 4.08. The fourth-order valence-electron chi connectivity index (χ4n) is 1.73. The number of nitrogens with two attached hydrogens (primary N) is 1. The summed E-state index contributed by atoms with van der Waals surface area (Å²) < 4.78 is 18.6. The van der Waals surface area contributed by atoms with Crippen LogP contribution in [0.2, 0.25) is 0 Å². The molecular weight excluding hydrogens is 241 g/mol. The van der Waals surface area contributed by atoms with Crippen LogP contribution in [-0.2, 0) is 6.54 Å². The Morgan fingerprint density at radius 1 is 1.11 bits per heavy atom. The minimum Gasteiger partial charge on any atom is -0.489 e. The minimum absolute atomic E-state index is 0.259. The van der Waals surface area contributed by atoms with Gasteiger partial charge in [-0.3, -0.25) is 0 Å². The van der Waals surface area contributed by atoms with E-state index in [9.17, 15) is 4.39 Å². The predicted octanol–water partition coefficient (Wildman–Crippen LogP) is 3.38. The highest BCUT2D eigenvalue weighted by molar-refractivity contribution is 5.48. The van der Waals surface area contributed by atoms with Gasteiger partial charge in [0.1, 0.15) is 18.2 Å². The summed E-state index contributed by atoms with van der Waals surface area (Å²) >= 11 is 0. The van der Waals surface area contributed by atoms with Crippen molar-refractivity contribution in [3.8, 4) is 5.75 Å². The van der Waals surface area contributed by atoms with Gasteiger partial charge in [0.05, 0.1) is 0 Å². The van der Waals surface area contributed by atoms with Gasteiger partial charge in [0, 0.05) is 12.1 Å². The SMILES string of the molecule is NCc1cc(F)ccc1OC/C=C/c1ccccc1. The Morgan fingerprint density at radius 2 is 1.89 bits per heavy atom. The summed E-state index contributed by atoms with van der Waals surface area (Å²) in [5.74, 6) is 0.328. The molecule has 2 N–H and O–H groups in total. The Balaban J connectivity index is 1.94. The first-order valence-electron chi connectivity index (χ1n) is 6.12. The van der Waals surface area contributed by atoms with Crippen LogP contribution in [0.25, 0.3) is 6.08 Å². The lowest BCUT2D eigenvalue weighted by Crippen LogP contribution is -2.03. The zero-order valence-electron chi connectivity index (χ0n) is 10.6. The van der Waals surface area contributed by atoms with Crippen molar-refractivity contribution < 1.29 is 9.13 Å². The van der Waals surface area contributed by atoms with Crippen LogP contribution in [0.3, 0.4) is 0 Å². The molecule has 0 saturated heterocycles. The number of hydrogen-bond donors (Lipinski definition) is 1. The first-order chi connectivity index (χ1) is 9.29. The van der Waals surface area contributed by atoms with E-state index in [1.54, 1.807) is 6.07 Å². The zero-order valence-corrected chi connectivity index (χ0v) is 10.6. The molecule has 0 saturated carbocycles. The van der Waals surface area contributed by atoms with E-state index in [1.165, 1.54) is 12.1 Å². The van der Waals surface area contributed by atoms with Crippen molar-refractivity contribution in [2.75, 3.05) is 6.61 Å². The van der Waals surface area contributed by atoms with Gasteiger partial charge in [-0.1, -0.05) is 36.4 Å². The van der Waals surface area contributed by atoms with Gasteiger partial charge < -0.3 is 10.5 Å². The lowest BCUT2D eigenvalue weighted by Gasteiger charge is -2.08. The highest BCUT2D eigenvalue weighted by Gasteiger charge is 2.02. The van der Waals surface area contributed by atoms with Crippen molar-refractivity contribution in [3.05, 3.63) is 71.6 Å². The maximum atomic E-state index is 13.0. The van der Waals surface area contributed by atoms with Crippen LogP contribution in [-0.4, -0.2) is 6.61 Å². The van der Waals surface area contributed by atoms with E-state index >= 15 is 0 Å². The van der Waals surface area contributed by atoms with Gasteiger partial charge in [0.25, 0.3) is 0 Å². The second kappa shape index (κ2) is 6.71. The third-order valence-corrected chi connectivity index (χ3v) is 2.69. The number of hydrogen-bond acceptors (Lipinski definition) is 2. The van der Waals surface area contributed by atoms with Crippen LogP contribution >= 0.6 is 0 Å². The van der Waals surface area contributed by atoms with Gasteiger partial charge in [-0.05, 0) is 29.8 Å². The Kier molecular flexibility index (Phi) is 4.70. The van der Waals surface area contributed by atoms with Crippen molar-refractivity contribution in [2.24, 2.45) is 5.73 Å². The maximum Gasteiger partial charge on any atom is 0.124 e. The summed E-state index contributed by atoms with van der Waals surface area (Å²) in [7, 11) is 0. The van der Waals surface area contributed by atoms with Gasteiger partial charge in [-0.2, -0.15) is 0 Å². The zero-order chi connectivity index (χ0) is 13.5. The highest BCUT2D eigenvalue weighted by atomic mass is 19.1. The molecule has 0 unspecified atom stereocenters. The first-order valence-corrected chi connectivity index (χ1v) is 6.12. The molecule has 2 aromatic carbocycles. The normalized spacial score (nSPS) is 10.8. The third kappa shape index (κ3) is 3.93. The molecule has 2 aromatic rings. The molecule has 0 aliphatic rings. The summed E-state index contributed by atoms with van der Waals surface area (Å²) in [5.41, 5.74) is 7.34. The van der Waals surface area contributed by atoms with Gasteiger partial charge in [-0.15, -0.1) is 0 Å². The Morgan fingerprint density at radius 3 is 2.63 bits per heavy atom. The van der Waals surface area contributed by atoms with E-state index in [1.807, 2.05) is 42.5 Å². The summed E-state index contributed by atoms with van der Waals surface area (Å²) in [5, 5.41) is 0. The summed E-state index contributed by atoms with van der Waals surface area (Å²) in [4.78, 5) is 0. The molecule has 0 bridgehead atoms. The van der Waals surface area contributed by atoms with Gasteiger partial charge in [0.15, 0.2) is 0 Å². The molecule has 0 fully saturated rings. The van der Waals surface area contributed by atoms with Crippen molar-refractivity contribution >= 4 is 6.08 Å². The molecule has 0 heterocycles. The third-order valence-electron chi connectivity index (χ3n) is 2.69. The lowest BCUT2D eigenvalue weighted by molar-refractivity contribution is 0.358. The lowest BCUT2D eigenvalue weighted by atomic mass is 10.2. The van der Waals surface area contributed by atoms with E-state index in [4.69, 9.17) is 10.5 Å². The number of rotatable bonds is 5. The summed E-state index contributed by atoms with van der Waals surface area (Å²) in [6.45, 7) is 0.684. The molecule has 3 heteroatoms. The van der Waals surface area contributed by atoms with Crippen LogP contribution in [0.5, 0.6) is 5.75 Å². The van der Waals surface area contributed by atoms with Crippen molar-refractivity contribution in [1.29, 1.82) is 0 Å². The fourth-order valence-corrected chi connectivity index (χ4v) is 1.73. The van der Waals surface area contributed by atoms with E-state index < -0.39 is 0 Å². The number of benzene rings is 2. The van der Waals surface area contributed by atoms with E-state index in [-0.39, 0.29) is 12.4 Å². The minimum atomic E-state index is -0.298. The fraction of sp³-hybridized carbons (Fsp3) is 0.125. The predicted molar refractivity (Wildman–Crippen MR) is 75.3 cm³/mol. The standard InChI is InChI=1S/C16H16FNO/c17-15-8-9-16(14(11-15)12-18)19-10-4-7-13-5-2-1-3-6-13/h1-9,11H,10,12,18H2/b7-4+. The van der Waals surface area contributed by atoms with Crippen LogP contribution in [0.15, 0.2) is 54.6 Å². The Hall–Kier alpha value is -2.13. The monoisotopic (exact) mass is 257 g/mol. The molecular formula is C16H16FNO. The topological polar surface area (TPSA) is 35.2 Å². The molecule has 0 atom stereocenters. The first kappa shape index (κ1) is 13.3. The summed E-state index contributed by atoms with van der Waals surface area (Å²) in [6, 6.07) is 14.3. The molecule has 2 rings (SSSR count). The summed E-state index contributed by atoms with van der Waals surface area (Å²) in [6.07, 6.45) is 3.89. The molecule has 0 aliphatic heterocycles. The van der Waals surface area contributed by atoms with E-state index in [0.29, 0.717) is 17.9 Å². The molecule has 0 aliphatic carbocycles. The Bertz CT molecular complexity index is 552. The van der Waals surface area contributed by atoms with Crippen LogP contribution in [0.1, 0.15) is 11.1 Å². The second-order valence-corrected chi connectivity index (χ2v) is 4.08. The molecule has 19 heavy (non-hydrogen) atoms. The van der Waals surface area contributed by atoms with Crippen LogP contribution in [0.4, 0.5) is 4.39 Å². The highest BCUT2D eigenvalue weighted by Crippen LogP contribution is 2.19. The van der Waals surface area contributed by atoms with Crippen molar-refractivity contribution in [2.45, 2.75) is 6.54 Å². The van der Waals surface area contributed by atoms with E-state index in [2.05, 4.69) is 0 Å². The van der Waals surface area contributed by atoms with Crippen molar-refractivity contribution in [3.63, 3.8) is 0 Å². The van der Waals surface area contributed by atoms with Crippen molar-refractivity contribution in [1.82, 2.24) is 0 Å². The molecule has 0 amide bonds. The number of halogens is 1. The van der Waals surface area contributed by atoms with Gasteiger partial charge in [-0.25, -0.2) is 4.39 Å². The number of ether oxygens (including phenoxy) is 1. The molecule has 0 aromatic heterocycles. The quantitative estimate of drug-likeness (QED) is 0.891.